The van der Waals surface area contributed by atoms with Crippen molar-refractivity contribution in [3.63, 3.8) is 0 Å². The van der Waals surface area contributed by atoms with Crippen LogP contribution in [0.25, 0.3) is 11.3 Å². The number of oxazole rings is 1. The van der Waals surface area contributed by atoms with Gasteiger partial charge >= 0.3 is 0 Å². The maximum Gasteiger partial charge on any atom is 0.230 e. The van der Waals surface area contributed by atoms with Gasteiger partial charge in [0.1, 0.15) is 0 Å². The van der Waals surface area contributed by atoms with Crippen LogP contribution in [0.5, 0.6) is 0 Å². The van der Waals surface area contributed by atoms with Gasteiger partial charge in [0.25, 0.3) is 0 Å². The van der Waals surface area contributed by atoms with Gasteiger partial charge in [-0.15, -0.1) is 0 Å². The summed E-state index contributed by atoms with van der Waals surface area (Å²) >= 11 is 0. The first kappa shape index (κ1) is 20.8. The van der Waals surface area contributed by atoms with Crippen LogP contribution in [0.3, 0.4) is 0 Å². The molecular formula is C26H30N4O2. The molecule has 0 spiro atoms. The molecule has 2 aliphatic rings. The van der Waals surface area contributed by atoms with Crippen molar-refractivity contribution in [2.75, 3.05) is 49.6 Å². The Morgan fingerprint density at radius 3 is 2.53 bits per heavy atom. The molecule has 6 nitrogen and oxygen atoms in total. The number of hydrogen-bond acceptors (Lipinski definition) is 5. The average molecular weight is 431 g/mol. The van der Waals surface area contributed by atoms with E-state index in [0.717, 1.165) is 69.0 Å². The van der Waals surface area contributed by atoms with Crippen molar-refractivity contribution in [1.82, 2.24) is 9.88 Å². The summed E-state index contributed by atoms with van der Waals surface area (Å²) in [5.74, 6) is 0.989. The summed E-state index contributed by atoms with van der Waals surface area (Å²) in [6, 6.07) is 16.6. The second kappa shape index (κ2) is 9.17. The first-order chi connectivity index (χ1) is 15.7. The van der Waals surface area contributed by atoms with Gasteiger partial charge in [0.15, 0.2) is 12.2 Å². The van der Waals surface area contributed by atoms with Gasteiger partial charge in [-0.05, 0) is 62.2 Å². The van der Waals surface area contributed by atoms with Crippen molar-refractivity contribution in [2.24, 2.45) is 5.92 Å². The van der Waals surface area contributed by atoms with Crippen LogP contribution < -0.4 is 9.80 Å². The largest absolute Gasteiger partial charge is 0.444 e. The minimum Gasteiger partial charge on any atom is -0.444 e. The van der Waals surface area contributed by atoms with Gasteiger partial charge in [0, 0.05) is 55.6 Å². The predicted octanol–water partition coefficient (Wildman–Crippen LogP) is 4.08. The topological polar surface area (TPSA) is 52.8 Å². The highest BCUT2D eigenvalue weighted by Gasteiger charge is 2.31. The number of piperazine rings is 1. The third-order valence-electron chi connectivity index (χ3n) is 6.75. The first-order valence-corrected chi connectivity index (χ1v) is 11.5. The molecule has 1 aromatic heterocycles. The Hall–Kier alpha value is -3.12. The number of hydrogen-bond donors (Lipinski definition) is 0. The van der Waals surface area contributed by atoms with Crippen molar-refractivity contribution in [2.45, 2.75) is 19.3 Å². The average Bonchev–Trinajstić information content (AvgIpc) is 3.37. The van der Waals surface area contributed by atoms with Crippen LogP contribution in [-0.4, -0.2) is 55.6 Å². The van der Waals surface area contributed by atoms with Crippen molar-refractivity contribution >= 4 is 17.3 Å². The summed E-state index contributed by atoms with van der Waals surface area (Å²) < 4.78 is 5.38. The van der Waals surface area contributed by atoms with Crippen molar-refractivity contribution in [1.29, 1.82) is 0 Å². The molecule has 1 atom stereocenters. The highest BCUT2D eigenvalue weighted by molar-refractivity contribution is 5.96. The van der Waals surface area contributed by atoms with E-state index in [1.54, 1.807) is 6.20 Å². The molecule has 3 aromatic rings. The molecule has 5 rings (SSSR count). The molecule has 0 N–H and O–H groups in total. The molecular weight excluding hydrogens is 400 g/mol. The Kier molecular flexibility index (Phi) is 5.95. The van der Waals surface area contributed by atoms with E-state index in [9.17, 15) is 4.79 Å². The minimum absolute atomic E-state index is 0.0197. The first-order valence-electron chi connectivity index (χ1n) is 11.5. The van der Waals surface area contributed by atoms with E-state index in [0.29, 0.717) is 0 Å². The second-order valence-corrected chi connectivity index (χ2v) is 8.86. The number of anilines is 2. The lowest BCUT2D eigenvalue weighted by atomic mass is 9.89. The summed E-state index contributed by atoms with van der Waals surface area (Å²) in [6.45, 7) is 5.01. The lowest BCUT2D eigenvalue weighted by molar-refractivity contribution is -0.123. The molecule has 2 fully saturated rings. The third-order valence-corrected chi connectivity index (χ3v) is 6.75. The summed E-state index contributed by atoms with van der Waals surface area (Å²) in [6.07, 6.45) is 5.91. The fourth-order valence-electron chi connectivity index (χ4n) is 4.86. The van der Waals surface area contributed by atoms with E-state index in [2.05, 4.69) is 46.1 Å². The highest BCUT2D eigenvalue weighted by Crippen LogP contribution is 2.31. The van der Waals surface area contributed by atoms with Gasteiger partial charge in [-0.3, -0.25) is 4.79 Å². The zero-order valence-electron chi connectivity index (χ0n) is 18.6. The molecule has 166 valence electrons. The van der Waals surface area contributed by atoms with Gasteiger partial charge in [0.05, 0.1) is 6.20 Å². The van der Waals surface area contributed by atoms with E-state index >= 15 is 0 Å². The molecule has 3 heterocycles. The van der Waals surface area contributed by atoms with E-state index < -0.39 is 0 Å². The standard InChI is InChI=1S/C26H30N4O2/c1-28-13-15-29(16-14-28)24-7-3-2-5-21(24)17-22-6-4-12-30(26(22)31)23-10-8-20(9-11-23)25-18-27-19-32-25/h2-3,5,7-11,18-19,22H,4,6,12-17H2,1H3. The van der Waals surface area contributed by atoms with Crippen LogP contribution in [0.15, 0.2) is 65.5 Å². The monoisotopic (exact) mass is 430 g/mol. The molecule has 0 radical (unpaired) electrons. The van der Waals surface area contributed by atoms with Crippen LogP contribution >= 0.6 is 0 Å². The summed E-state index contributed by atoms with van der Waals surface area (Å²) in [7, 11) is 2.18. The highest BCUT2D eigenvalue weighted by atomic mass is 16.3. The quantitative estimate of drug-likeness (QED) is 0.611. The Labute approximate surface area is 189 Å². The van der Waals surface area contributed by atoms with E-state index in [1.165, 1.54) is 17.6 Å². The van der Waals surface area contributed by atoms with Gasteiger partial charge in [0.2, 0.25) is 5.91 Å². The molecule has 1 amide bonds. The number of carbonyl (C=O) groups excluding carboxylic acids is 1. The summed E-state index contributed by atoms with van der Waals surface area (Å²) in [4.78, 5) is 24.2. The Bertz CT molecular complexity index is 1040. The molecule has 2 aliphatic heterocycles. The van der Waals surface area contributed by atoms with Crippen LogP contribution in [0.4, 0.5) is 11.4 Å². The zero-order chi connectivity index (χ0) is 21.9. The predicted molar refractivity (Wildman–Crippen MR) is 127 cm³/mol. The maximum absolute atomic E-state index is 13.5. The number of likely N-dealkylation sites (N-methyl/N-ethyl adjacent to an activating group) is 1. The number of amides is 1. The third kappa shape index (κ3) is 4.28. The molecule has 0 aliphatic carbocycles. The second-order valence-electron chi connectivity index (χ2n) is 8.86. The van der Waals surface area contributed by atoms with E-state index in [-0.39, 0.29) is 11.8 Å². The Morgan fingerprint density at radius 2 is 1.78 bits per heavy atom. The van der Waals surface area contributed by atoms with Gasteiger partial charge in [-0.25, -0.2) is 4.98 Å². The number of benzene rings is 2. The Morgan fingerprint density at radius 1 is 1.00 bits per heavy atom. The zero-order valence-corrected chi connectivity index (χ0v) is 18.6. The number of piperidine rings is 1. The molecule has 1 unspecified atom stereocenters. The van der Waals surface area contributed by atoms with E-state index in [4.69, 9.17) is 4.42 Å². The number of nitrogens with zero attached hydrogens (tertiary/aromatic N) is 4. The SMILES string of the molecule is CN1CCN(c2ccccc2CC2CCCN(c3ccc(-c4cnco4)cc3)C2=O)CC1. The van der Waals surface area contributed by atoms with Gasteiger partial charge in [-0.1, -0.05) is 18.2 Å². The molecule has 0 bridgehead atoms. The lowest BCUT2D eigenvalue weighted by Crippen LogP contribution is -2.45. The molecule has 0 saturated carbocycles. The molecule has 2 aromatic carbocycles. The lowest BCUT2D eigenvalue weighted by Gasteiger charge is -2.36. The van der Waals surface area contributed by atoms with Crippen molar-refractivity contribution < 1.29 is 9.21 Å². The fourth-order valence-corrected chi connectivity index (χ4v) is 4.86. The number of rotatable bonds is 5. The number of carbonyl (C=O) groups is 1. The van der Waals surface area contributed by atoms with Crippen LogP contribution in [-0.2, 0) is 11.2 Å². The Balaban J connectivity index is 1.31. The maximum atomic E-state index is 13.5. The fraction of sp³-hybridized carbons (Fsp3) is 0.385. The normalized spacial score (nSPS) is 20.0. The molecule has 6 heteroatoms. The number of para-hydroxylation sites is 1. The van der Waals surface area contributed by atoms with Crippen LogP contribution in [0.2, 0.25) is 0 Å². The smallest absolute Gasteiger partial charge is 0.230 e. The summed E-state index contributed by atoms with van der Waals surface area (Å²) in [5, 5.41) is 0. The van der Waals surface area contributed by atoms with Gasteiger partial charge in [-0.2, -0.15) is 0 Å². The van der Waals surface area contributed by atoms with Crippen molar-refractivity contribution in [3.05, 3.63) is 66.7 Å². The minimum atomic E-state index is 0.0197. The van der Waals surface area contributed by atoms with Crippen LogP contribution in [0, 0.1) is 5.92 Å². The van der Waals surface area contributed by atoms with Gasteiger partial charge < -0.3 is 19.1 Å². The van der Waals surface area contributed by atoms with Crippen molar-refractivity contribution in [3.8, 4) is 11.3 Å². The molecule has 2 saturated heterocycles. The van der Waals surface area contributed by atoms with E-state index in [1.807, 2.05) is 29.2 Å². The summed E-state index contributed by atoms with van der Waals surface area (Å²) in [5.41, 5.74) is 4.50. The van der Waals surface area contributed by atoms with Crippen LogP contribution in [0.1, 0.15) is 18.4 Å². The number of aromatic nitrogens is 1. The molecule has 32 heavy (non-hydrogen) atoms.